The Bertz CT molecular complexity index is 131. The van der Waals surface area contributed by atoms with Gasteiger partial charge < -0.3 is 9.64 Å². The zero-order valence-electron chi connectivity index (χ0n) is 11.0. The SMILES string of the molecule is COCCN(CCP(C)C)CCP(C)C. The molecule has 0 spiro atoms. The van der Waals surface area contributed by atoms with Crippen molar-refractivity contribution in [2.45, 2.75) is 0 Å². The Morgan fingerprint density at radius 2 is 1.33 bits per heavy atom. The third kappa shape index (κ3) is 11.1. The van der Waals surface area contributed by atoms with Crippen molar-refractivity contribution >= 4 is 15.8 Å². The normalized spacial score (nSPS) is 12.0. The molecule has 0 bridgehead atoms. The van der Waals surface area contributed by atoms with Crippen molar-refractivity contribution in [3.8, 4) is 0 Å². The number of hydrogen-bond donors (Lipinski definition) is 0. The lowest BCUT2D eigenvalue weighted by Gasteiger charge is -2.23. The van der Waals surface area contributed by atoms with E-state index in [0.717, 1.165) is 13.2 Å². The lowest BCUT2D eigenvalue weighted by Crippen LogP contribution is -2.32. The van der Waals surface area contributed by atoms with E-state index in [-0.39, 0.29) is 15.8 Å². The standard InChI is InChI=1S/C11H27NOP2/c1-13-9-6-12(7-10-14(2)3)8-11-15(4)5/h6-11H2,1-5H3. The fraction of sp³-hybridized carbons (Fsp3) is 1.00. The largest absolute Gasteiger partial charge is 0.383 e. The summed E-state index contributed by atoms with van der Waals surface area (Å²) in [5.74, 6) is 0. The van der Waals surface area contributed by atoms with E-state index in [1.807, 2.05) is 0 Å². The number of hydrogen-bond acceptors (Lipinski definition) is 2. The number of methoxy groups -OCH3 is 1. The molecule has 0 atom stereocenters. The molecule has 0 aliphatic carbocycles. The minimum atomic E-state index is 0.249. The van der Waals surface area contributed by atoms with E-state index in [9.17, 15) is 0 Å². The molecule has 0 aromatic carbocycles. The molecule has 0 fully saturated rings. The second-order valence-corrected chi connectivity index (χ2v) is 9.65. The van der Waals surface area contributed by atoms with Crippen LogP contribution >= 0.6 is 15.8 Å². The molecule has 0 rings (SSSR count). The van der Waals surface area contributed by atoms with Crippen molar-refractivity contribution in [3.05, 3.63) is 0 Å². The van der Waals surface area contributed by atoms with Gasteiger partial charge in [-0.2, -0.15) is 0 Å². The summed E-state index contributed by atoms with van der Waals surface area (Å²) in [4.78, 5) is 2.56. The summed E-state index contributed by atoms with van der Waals surface area (Å²) in [7, 11) is 2.29. The maximum atomic E-state index is 5.15. The Labute approximate surface area is 98.3 Å². The second kappa shape index (κ2) is 9.97. The van der Waals surface area contributed by atoms with Crippen molar-refractivity contribution < 1.29 is 4.74 Å². The molecule has 0 saturated carbocycles. The topological polar surface area (TPSA) is 12.5 Å². The maximum Gasteiger partial charge on any atom is 0.0589 e. The van der Waals surface area contributed by atoms with Gasteiger partial charge >= 0.3 is 0 Å². The van der Waals surface area contributed by atoms with E-state index in [0.29, 0.717) is 0 Å². The van der Waals surface area contributed by atoms with Crippen LogP contribution in [-0.4, -0.2) is 77.2 Å². The minimum absolute atomic E-state index is 0.249. The van der Waals surface area contributed by atoms with E-state index in [1.165, 1.54) is 25.4 Å². The summed E-state index contributed by atoms with van der Waals surface area (Å²) < 4.78 is 5.15. The molecule has 0 aliphatic heterocycles. The van der Waals surface area contributed by atoms with Gasteiger partial charge in [0, 0.05) is 26.7 Å². The number of ether oxygens (including phenoxy) is 1. The smallest absolute Gasteiger partial charge is 0.0589 e. The first-order chi connectivity index (χ1) is 7.06. The monoisotopic (exact) mass is 251 g/mol. The van der Waals surface area contributed by atoms with Crippen LogP contribution in [0.1, 0.15) is 0 Å². The average Bonchev–Trinajstić information content (AvgIpc) is 2.16. The van der Waals surface area contributed by atoms with E-state index in [4.69, 9.17) is 4.74 Å². The van der Waals surface area contributed by atoms with Crippen LogP contribution in [0.3, 0.4) is 0 Å². The van der Waals surface area contributed by atoms with Crippen LogP contribution in [0.5, 0.6) is 0 Å². The number of nitrogens with zero attached hydrogens (tertiary/aromatic N) is 1. The molecule has 4 heteroatoms. The van der Waals surface area contributed by atoms with Gasteiger partial charge in [-0.25, -0.2) is 0 Å². The summed E-state index contributed by atoms with van der Waals surface area (Å²) in [6, 6.07) is 0. The van der Waals surface area contributed by atoms with Crippen molar-refractivity contribution in [3.63, 3.8) is 0 Å². The molecule has 0 saturated heterocycles. The maximum absolute atomic E-state index is 5.15. The third-order valence-electron chi connectivity index (χ3n) is 2.34. The highest BCUT2D eigenvalue weighted by Gasteiger charge is 2.06. The van der Waals surface area contributed by atoms with Crippen LogP contribution in [0.15, 0.2) is 0 Å². The van der Waals surface area contributed by atoms with Crippen molar-refractivity contribution in [1.82, 2.24) is 4.90 Å². The summed E-state index contributed by atoms with van der Waals surface area (Å²) in [5.41, 5.74) is 0. The quantitative estimate of drug-likeness (QED) is 0.583. The second-order valence-electron chi connectivity index (χ2n) is 4.44. The highest BCUT2D eigenvalue weighted by atomic mass is 31.1. The zero-order chi connectivity index (χ0) is 11.7. The van der Waals surface area contributed by atoms with Crippen LogP contribution in [0.25, 0.3) is 0 Å². The molecule has 0 heterocycles. The van der Waals surface area contributed by atoms with Gasteiger partial charge in [-0.15, -0.1) is 15.8 Å². The molecule has 92 valence electrons. The Kier molecular flexibility index (Phi) is 10.5. The van der Waals surface area contributed by atoms with Gasteiger partial charge in [0.1, 0.15) is 0 Å². The van der Waals surface area contributed by atoms with Crippen molar-refractivity contribution in [2.24, 2.45) is 0 Å². The Balaban J connectivity index is 3.73. The van der Waals surface area contributed by atoms with Gasteiger partial charge in [-0.3, -0.25) is 0 Å². The molecular weight excluding hydrogens is 224 g/mol. The van der Waals surface area contributed by atoms with Crippen LogP contribution in [0.2, 0.25) is 0 Å². The molecule has 2 nitrogen and oxygen atoms in total. The molecule has 0 N–H and O–H groups in total. The van der Waals surface area contributed by atoms with Gasteiger partial charge in [0.2, 0.25) is 0 Å². The molecule has 0 unspecified atom stereocenters. The Hall–Kier alpha value is 0.780. The first kappa shape index (κ1) is 15.8. The fourth-order valence-electron chi connectivity index (χ4n) is 1.24. The van der Waals surface area contributed by atoms with Crippen molar-refractivity contribution in [1.29, 1.82) is 0 Å². The van der Waals surface area contributed by atoms with E-state index in [2.05, 4.69) is 31.6 Å². The van der Waals surface area contributed by atoms with Crippen molar-refractivity contribution in [2.75, 3.05) is 72.3 Å². The average molecular weight is 251 g/mol. The van der Waals surface area contributed by atoms with E-state index >= 15 is 0 Å². The van der Waals surface area contributed by atoms with Crippen LogP contribution in [0.4, 0.5) is 0 Å². The summed E-state index contributed by atoms with van der Waals surface area (Å²) in [5, 5.41) is 0. The number of rotatable bonds is 9. The highest BCUT2D eigenvalue weighted by molar-refractivity contribution is 7.56. The Morgan fingerprint density at radius 3 is 1.67 bits per heavy atom. The van der Waals surface area contributed by atoms with Gasteiger partial charge in [-0.05, 0) is 39.0 Å². The van der Waals surface area contributed by atoms with E-state index in [1.54, 1.807) is 7.11 Å². The highest BCUT2D eigenvalue weighted by Crippen LogP contribution is 2.25. The molecule has 0 aromatic heterocycles. The van der Waals surface area contributed by atoms with Gasteiger partial charge in [0.05, 0.1) is 6.61 Å². The molecule has 0 aromatic rings. The Morgan fingerprint density at radius 1 is 0.867 bits per heavy atom. The third-order valence-corrected chi connectivity index (χ3v) is 4.53. The fourth-order valence-corrected chi connectivity index (χ4v) is 2.60. The lowest BCUT2D eigenvalue weighted by molar-refractivity contribution is 0.155. The van der Waals surface area contributed by atoms with Gasteiger partial charge in [0.25, 0.3) is 0 Å². The van der Waals surface area contributed by atoms with E-state index < -0.39 is 0 Å². The molecule has 0 aliphatic rings. The predicted octanol–water partition coefficient (Wildman–Crippen LogP) is 2.42. The first-order valence-electron chi connectivity index (χ1n) is 5.57. The summed E-state index contributed by atoms with van der Waals surface area (Å²) in [6.07, 6.45) is 2.73. The zero-order valence-corrected chi connectivity index (χ0v) is 12.8. The lowest BCUT2D eigenvalue weighted by atomic mass is 10.5. The van der Waals surface area contributed by atoms with Gasteiger partial charge in [-0.1, -0.05) is 0 Å². The summed E-state index contributed by atoms with van der Waals surface area (Å²) >= 11 is 0. The van der Waals surface area contributed by atoms with Crippen LogP contribution in [0, 0.1) is 0 Å². The molecular formula is C11H27NOP2. The molecule has 0 amide bonds. The molecule has 0 radical (unpaired) electrons. The first-order valence-corrected chi connectivity index (χ1v) is 10.4. The van der Waals surface area contributed by atoms with Crippen LogP contribution in [-0.2, 0) is 4.74 Å². The van der Waals surface area contributed by atoms with Gasteiger partial charge in [0.15, 0.2) is 0 Å². The van der Waals surface area contributed by atoms with Crippen LogP contribution < -0.4 is 0 Å². The molecule has 15 heavy (non-hydrogen) atoms. The minimum Gasteiger partial charge on any atom is -0.383 e. The predicted molar refractivity (Wildman–Crippen MR) is 75.6 cm³/mol. The summed E-state index contributed by atoms with van der Waals surface area (Å²) in [6.45, 7) is 13.9.